The lowest BCUT2D eigenvalue weighted by Crippen LogP contribution is -2.31. The second-order valence-electron chi connectivity index (χ2n) is 6.99. The Morgan fingerprint density at radius 1 is 1.03 bits per heavy atom. The molecule has 2 heterocycles. The number of nitrogens with one attached hydrogen (secondary N) is 1. The summed E-state index contributed by atoms with van der Waals surface area (Å²) in [6, 6.07) is 20.6. The normalized spacial score (nSPS) is 10.6. The van der Waals surface area contributed by atoms with Crippen LogP contribution in [0.15, 0.2) is 84.5 Å². The first-order valence-corrected chi connectivity index (χ1v) is 10.8. The Morgan fingerprint density at radius 3 is 2.58 bits per heavy atom. The summed E-state index contributed by atoms with van der Waals surface area (Å²) in [7, 11) is 1.69. The summed E-state index contributed by atoms with van der Waals surface area (Å²) < 4.78 is 1.82. The van der Waals surface area contributed by atoms with Gasteiger partial charge in [-0.25, -0.2) is 4.68 Å². The highest BCUT2D eigenvalue weighted by molar-refractivity contribution is 7.12. The summed E-state index contributed by atoms with van der Waals surface area (Å²) in [4.78, 5) is 27.7. The molecule has 0 saturated carbocycles. The van der Waals surface area contributed by atoms with Gasteiger partial charge in [-0.2, -0.15) is 5.10 Å². The minimum atomic E-state index is -0.211. The Kier molecular flexibility index (Phi) is 6.24. The van der Waals surface area contributed by atoms with Crippen LogP contribution in [0.3, 0.4) is 0 Å². The van der Waals surface area contributed by atoms with Gasteiger partial charge in [0.2, 0.25) is 0 Å². The number of para-hydroxylation sites is 2. The van der Waals surface area contributed by atoms with Crippen LogP contribution in [0.2, 0.25) is 0 Å². The third-order valence-electron chi connectivity index (χ3n) is 4.90. The van der Waals surface area contributed by atoms with Crippen LogP contribution >= 0.6 is 11.3 Å². The van der Waals surface area contributed by atoms with Gasteiger partial charge in [0.15, 0.2) is 0 Å². The summed E-state index contributed by atoms with van der Waals surface area (Å²) in [6.45, 7) is 0.468. The predicted octanol–water partition coefficient (Wildman–Crippen LogP) is 4.18. The lowest BCUT2D eigenvalue weighted by Gasteiger charge is -2.19. The highest BCUT2D eigenvalue weighted by Gasteiger charge is 2.20. The molecule has 1 N–H and O–H groups in total. The van der Waals surface area contributed by atoms with Crippen molar-refractivity contribution in [2.24, 2.45) is 0 Å². The molecule has 0 aliphatic heterocycles. The molecule has 31 heavy (non-hydrogen) atoms. The molecule has 7 heteroatoms. The first-order chi connectivity index (χ1) is 15.1. The molecule has 2 aromatic carbocycles. The van der Waals surface area contributed by atoms with Crippen LogP contribution in [0.4, 0.5) is 5.69 Å². The van der Waals surface area contributed by atoms with E-state index in [0.717, 1.165) is 11.3 Å². The Morgan fingerprint density at radius 2 is 1.81 bits per heavy atom. The molecule has 156 valence electrons. The second kappa shape index (κ2) is 9.40. The average Bonchev–Trinajstić information content (AvgIpc) is 3.51. The molecule has 0 spiro atoms. The molecule has 4 aromatic rings. The molecule has 2 aromatic heterocycles. The van der Waals surface area contributed by atoms with Gasteiger partial charge in [0.1, 0.15) is 0 Å². The molecule has 0 bridgehead atoms. The number of amides is 2. The van der Waals surface area contributed by atoms with Crippen LogP contribution < -0.4 is 10.2 Å². The number of nitrogens with zero attached hydrogens (tertiary/aromatic N) is 3. The Balaban J connectivity index is 1.39. The zero-order chi connectivity index (χ0) is 21.6. The fraction of sp³-hybridized carbons (Fsp3) is 0.125. The van der Waals surface area contributed by atoms with Crippen molar-refractivity contribution in [3.63, 3.8) is 0 Å². The van der Waals surface area contributed by atoms with Crippen LogP contribution in [0.25, 0.3) is 5.69 Å². The van der Waals surface area contributed by atoms with E-state index in [9.17, 15) is 9.59 Å². The van der Waals surface area contributed by atoms with Gasteiger partial charge >= 0.3 is 0 Å². The average molecular weight is 431 g/mol. The van der Waals surface area contributed by atoms with E-state index in [1.54, 1.807) is 37.5 Å². The number of thiophene rings is 1. The molecule has 0 saturated heterocycles. The molecule has 0 unspecified atom stereocenters. The molecular weight excluding hydrogens is 408 g/mol. The van der Waals surface area contributed by atoms with Gasteiger partial charge in [-0.1, -0.05) is 36.4 Å². The van der Waals surface area contributed by atoms with Crippen molar-refractivity contribution in [2.75, 3.05) is 18.5 Å². The minimum Gasteiger partial charge on any atom is -0.352 e. The van der Waals surface area contributed by atoms with Crippen molar-refractivity contribution in [1.82, 2.24) is 15.1 Å². The van der Waals surface area contributed by atoms with Crippen molar-refractivity contribution in [2.45, 2.75) is 6.42 Å². The number of rotatable bonds is 7. The molecule has 0 radical (unpaired) electrons. The zero-order valence-electron chi connectivity index (χ0n) is 17.1. The zero-order valence-corrected chi connectivity index (χ0v) is 17.9. The van der Waals surface area contributed by atoms with E-state index in [4.69, 9.17) is 0 Å². The summed E-state index contributed by atoms with van der Waals surface area (Å²) in [5.74, 6) is -0.347. The smallest absolute Gasteiger partial charge is 0.268 e. The van der Waals surface area contributed by atoms with Crippen LogP contribution in [0, 0.1) is 0 Å². The van der Waals surface area contributed by atoms with Gasteiger partial charge in [-0.15, -0.1) is 11.3 Å². The van der Waals surface area contributed by atoms with E-state index >= 15 is 0 Å². The fourth-order valence-electron chi connectivity index (χ4n) is 3.26. The number of carbonyl (C=O) groups is 2. The largest absolute Gasteiger partial charge is 0.352 e. The van der Waals surface area contributed by atoms with Crippen molar-refractivity contribution in [3.8, 4) is 5.69 Å². The standard InChI is InChI=1S/C24H22N4O2S/c1-27(24(30)22-12-7-15-31-22)21-11-6-5-10-20(21)23(29)25-14-13-18-16-26-28(17-18)19-8-3-2-4-9-19/h2-12,15-17H,13-14H2,1H3,(H,25,29). The van der Waals surface area contributed by atoms with Crippen LogP contribution in [-0.2, 0) is 6.42 Å². The quantitative estimate of drug-likeness (QED) is 0.478. The van der Waals surface area contributed by atoms with E-state index in [2.05, 4.69) is 10.4 Å². The molecular formula is C24H22N4O2S. The van der Waals surface area contributed by atoms with Gasteiger partial charge in [0.25, 0.3) is 11.8 Å². The topological polar surface area (TPSA) is 67.2 Å². The number of hydrogen-bond donors (Lipinski definition) is 1. The lowest BCUT2D eigenvalue weighted by molar-refractivity contribution is 0.0954. The van der Waals surface area contributed by atoms with Crippen molar-refractivity contribution < 1.29 is 9.59 Å². The SMILES string of the molecule is CN(C(=O)c1cccs1)c1ccccc1C(=O)NCCc1cnn(-c2ccccc2)c1. The maximum atomic E-state index is 12.8. The maximum Gasteiger partial charge on any atom is 0.268 e. The number of carbonyl (C=O) groups excluding carboxylic acids is 2. The maximum absolute atomic E-state index is 12.8. The summed E-state index contributed by atoms with van der Waals surface area (Å²) in [5, 5.41) is 9.20. The molecule has 0 aliphatic carbocycles. The first-order valence-electron chi connectivity index (χ1n) is 9.91. The van der Waals surface area contributed by atoms with Crippen molar-refractivity contribution in [1.29, 1.82) is 0 Å². The highest BCUT2D eigenvalue weighted by Crippen LogP contribution is 2.22. The van der Waals surface area contributed by atoms with Crippen LogP contribution in [0.1, 0.15) is 25.6 Å². The van der Waals surface area contributed by atoms with Gasteiger partial charge in [0, 0.05) is 19.8 Å². The molecule has 4 rings (SSSR count). The van der Waals surface area contributed by atoms with E-state index in [-0.39, 0.29) is 11.8 Å². The Bertz CT molecular complexity index is 1170. The van der Waals surface area contributed by atoms with Gasteiger partial charge in [-0.3, -0.25) is 9.59 Å². The van der Waals surface area contributed by atoms with E-state index < -0.39 is 0 Å². The number of benzene rings is 2. The number of hydrogen-bond acceptors (Lipinski definition) is 4. The van der Waals surface area contributed by atoms with E-state index in [1.807, 2.05) is 58.7 Å². The molecule has 0 aliphatic rings. The van der Waals surface area contributed by atoms with Crippen molar-refractivity contribution >= 4 is 28.8 Å². The summed E-state index contributed by atoms with van der Waals surface area (Å²) >= 11 is 1.38. The molecule has 2 amide bonds. The summed E-state index contributed by atoms with van der Waals surface area (Å²) in [5.41, 5.74) is 3.07. The van der Waals surface area contributed by atoms with Gasteiger partial charge < -0.3 is 10.2 Å². The van der Waals surface area contributed by atoms with Crippen molar-refractivity contribution in [3.05, 3.63) is 101 Å². The monoisotopic (exact) mass is 430 g/mol. The fourth-order valence-corrected chi connectivity index (χ4v) is 3.96. The van der Waals surface area contributed by atoms with E-state index in [0.29, 0.717) is 29.1 Å². The van der Waals surface area contributed by atoms with Crippen LogP contribution in [0.5, 0.6) is 0 Å². The van der Waals surface area contributed by atoms with Crippen LogP contribution in [-0.4, -0.2) is 35.2 Å². The predicted molar refractivity (Wildman–Crippen MR) is 123 cm³/mol. The molecule has 0 fully saturated rings. The second-order valence-corrected chi connectivity index (χ2v) is 7.94. The number of aromatic nitrogens is 2. The minimum absolute atomic E-state index is 0.136. The Hall–Kier alpha value is -3.71. The number of anilines is 1. The Labute approximate surface area is 184 Å². The lowest BCUT2D eigenvalue weighted by atomic mass is 10.1. The summed E-state index contributed by atoms with van der Waals surface area (Å²) in [6.07, 6.45) is 4.42. The third-order valence-corrected chi connectivity index (χ3v) is 5.76. The highest BCUT2D eigenvalue weighted by atomic mass is 32.1. The van der Waals surface area contributed by atoms with Gasteiger partial charge in [0.05, 0.1) is 28.0 Å². The molecule has 0 atom stereocenters. The molecule has 6 nitrogen and oxygen atoms in total. The third kappa shape index (κ3) is 4.73. The van der Waals surface area contributed by atoms with E-state index in [1.165, 1.54) is 16.2 Å². The van der Waals surface area contributed by atoms with Gasteiger partial charge in [-0.05, 0) is 47.7 Å². The first kappa shape index (κ1) is 20.6.